The van der Waals surface area contributed by atoms with Crippen molar-refractivity contribution in [3.8, 4) is 11.3 Å². The van der Waals surface area contributed by atoms with Gasteiger partial charge in [-0.15, -0.1) is 11.3 Å². The van der Waals surface area contributed by atoms with Gasteiger partial charge in [-0.05, 0) is 25.0 Å². The summed E-state index contributed by atoms with van der Waals surface area (Å²) in [5, 5.41) is 7.65. The van der Waals surface area contributed by atoms with E-state index in [0.717, 1.165) is 22.7 Å². The number of aromatic amines is 1. The molecule has 3 N–H and O–H groups in total. The molecule has 2 amide bonds. The van der Waals surface area contributed by atoms with Crippen molar-refractivity contribution in [1.82, 2.24) is 15.3 Å². The fourth-order valence-corrected chi connectivity index (χ4v) is 3.86. The van der Waals surface area contributed by atoms with Crippen molar-refractivity contribution >= 4 is 28.3 Å². The third-order valence-corrected chi connectivity index (χ3v) is 6.37. The summed E-state index contributed by atoms with van der Waals surface area (Å²) in [5.74, 6) is -2.34. The molecule has 0 saturated heterocycles. The number of alkyl halides is 2. The van der Waals surface area contributed by atoms with Crippen molar-refractivity contribution in [2.75, 3.05) is 11.9 Å². The number of thiazole rings is 1. The summed E-state index contributed by atoms with van der Waals surface area (Å²) in [6.07, 6.45) is 7.47. The second kappa shape index (κ2) is 14.6. The number of amides is 2. The summed E-state index contributed by atoms with van der Waals surface area (Å²) in [6.45, 7) is 10.3. The highest BCUT2D eigenvalue weighted by Crippen LogP contribution is 2.47. The first-order chi connectivity index (χ1) is 17.5. The Morgan fingerprint density at radius 3 is 2.49 bits per heavy atom. The van der Waals surface area contributed by atoms with E-state index in [2.05, 4.69) is 41.4 Å². The number of hydrogen-bond donors (Lipinski definition) is 3. The second-order valence-electron chi connectivity index (χ2n) is 9.64. The van der Waals surface area contributed by atoms with E-state index in [4.69, 9.17) is 0 Å². The number of hydrogen-bond acceptors (Lipinski definition) is 4. The molecule has 0 aliphatic heterocycles. The van der Waals surface area contributed by atoms with E-state index in [9.17, 15) is 18.4 Å². The minimum Gasteiger partial charge on any atom is -0.367 e. The van der Waals surface area contributed by atoms with Crippen molar-refractivity contribution in [2.24, 2.45) is 11.8 Å². The van der Waals surface area contributed by atoms with Gasteiger partial charge in [0.25, 0.3) is 11.8 Å². The van der Waals surface area contributed by atoms with E-state index in [-0.39, 0.29) is 30.7 Å². The SMILES string of the molecule is CC1CC1(F)F.CCCCC(C)C.Cc1cccc(-c2csc(NC(=O)CNC(=O)c3cc[nH]c3)n2)c1. The first-order valence-electron chi connectivity index (χ1n) is 12.6. The van der Waals surface area contributed by atoms with Gasteiger partial charge in [-0.2, -0.15) is 0 Å². The van der Waals surface area contributed by atoms with Crippen LogP contribution in [-0.2, 0) is 4.79 Å². The molecule has 0 spiro atoms. The maximum absolute atomic E-state index is 11.9. The number of aromatic nitrogens is 2. The number of H-pyrrole nitrogens is 1. The maximum Gasteiger partial charge on any atom is 0.253 e. The number of aryl methyl sites for hydroxylation is 1. The lowest BCUT2D eigenvalue weighted by Crippen LogP contribution is -2.32. The van der Waals surface area contributed by atoms with Crippen LogP contribution in [0.3, 0.4) is 0 Å². The van der Waals surface area contributed by atoms with Gasteiger partial charge in [-0.1, -0.05) is 70.7 Å². The molecule has 1 aliphatic carbocycles. The van der Waals surface area contributed by atoms with Crippen molar-refractivity contribution in [2.45, 2.75) is 66.2 Å². The largest absolute Gasteiger partial charge is 0.367 e. The number of nitrogens with one attached hydrogen (secondary N) is 3. The van der Waals surface area contributed by atoms with Gasteiger partial charge in [0.15, 0.2) is 5.13 Å². The van der Waals surface area contributed by atoms with E-state index in [1.165, 1.54) is 30.6 Å². The minimum atomic E-state index is -2.29. The lowest BCUT2D eigenvalue weighted by atomic mass is 10.1. The second-order valence-corrected chi connectivity index (χ2v) is 10.5. The van der Waals surface area contributed by atoms with Gasteiger partial charge in [0.2, 0.25) is 5.91 Å². The van der Waals surface area contributed by atoms with Crippen LogP contribution < -0.4 is 10.6 Å². The zero-order valence-electron chi connectivity index (χ0n) is 22.2. The molecule has 1 fully saturated rings. The van der Waals surface area contributed by atoms with E-state index in [1.807, 2.05) is 36.6 Å². The summed E-state index contributed by atoms with van der Waals surface area (Å²) >= 11 is 1.35. The Hall–Kier alpha value is -3.07. The molecule has 2 aromatic heterocycles. The molecule has 1 atom stereocenters. The number of halogens is 2. The molecule has 1 aromatic carbocycles. The Morgan fingerprint density at radius 2 is 1.97 bits per heavy atom. The molecule has 0 bridgehead atoms. The highest BCUT2D eigenvalue weighted by Gasteiger charge is 2.53. The normalized spacial score (nSPS) is 15.1. The molecular formula is C28H38F2N4O2S. The molecule has 6 nitrogen and oxygen atoms in total. The third-order valence-electron chi connectivity index (χ3n) is 5.61. The molecule has 2 heterocycles. The van der Waals surface area contributed by atoms with Gasteiger partial charge in [-0.3, -0.25) is 9.59 Å². The van der Waals surface area contributed by atoms with Crippen molar-refractivity contribution in [3.63, 3.8) is 0 Å². The number of unbranched alkanes of at least 4 members (excludes halogenated alkanes) is 1. The average molecular weight is 533 g/mol. The Bertz CT molecular complexity index is 1110. The highest BCUT2D eigenvalue weighted by atomic mass is 32.1. The zero-order valence-corrected chi connectivity index (χ0v) is 23.1. The fraction of sp³-hybridized carbons (Fsp3) is 0.464. The van der Waals surface area contributed by atoms with Crippen molar-refractivity contribution < 1.29 is 18.4 Å². The number of rotatable bonds is 8. The molecule has 37 heavy (non-hydrogen) atoms. The molecule has 4 rings (SSSR count). The summed E-state index contributed by atoms with van der Waals surface area (Å²) in [7, 11) is 0. The molecular weight excluding hydrogens is 494 g/mol. The van der Waals surface area contributed by atoms with Crippen LogP contribution in [0.4, 0.5) is 13.9 Å². The third kappa shape index (κ3) is 11.2. The maximum atomic E-state index is 11.9. The van der Waals surface area contributed by atoms with Gasteiger partial charge in [0.05, 0.1) is 17.8 Å². The van der Waals surface area contributed by atoms with E-state index >= 15 is 0 Å². The molecule has 9 heteroatoms. The van der Waals surface area contributed by atoms with Gasteiger partial charge >= 0.3 is 0 Å². The van der Waals surface area contributed by atoms with Gasteiger partial charge in [-0.25, -0.2) is 13.8 Å². The molecule has 1 aliphatic rings. The molecule has 0 radical (unpaired) electrons. The summed E-state index contributed by atoms with van der Waals surface area (Å²) in [5.41, 5.74) is 3.46. The summed E-state index contributed by atoms with van der Waals surface area (Å²) < 4.78 is 23.1. The van der Waals surface area contributed by atoms with Gasteiger partial charge in [0.1, 0.15) is 0 Å². The molecule has 202 valence electrons. The average Bonchev–Trinajstić information content (AvgIpc) is 3.31. The van der Waals surface area contributed by atoms with E-state index in [1.54, 1.807) is 25.4 Å². The first-order valence-corrected chi connectivity index (χ1v) is 13.5. The van der Waals surface area contributed by atoms with E-state index < -0.39 is 5.92 Å². The Kier molecular flexibility index (Phi) is 11.9. The van der Waals surface area contributed by atoms with Crippen LogP contribution in [0.1, 0.15) is 69.3 Å². The van der Waals surface area contributed by atoms with Crippen LogP contribution in [0, 0.1) is 18.8 Å². The van der Waals surface area contributed by atoms with Crippen LogP contribution in [0.15, 0.2) is 48.1 Å². The topological polar surface area (TPSA) is 86.9 Å². The van der Waals surface area contributed by atoms with Crippen LogP contribution in [0.2, 0.25) is 0 Å². The smallest absolute Gasteiger partial charge is 0.253 e. The van der Waals surface area contributed by atoms with Crippen LogP contribution in [-0.4, -0.2) is 34.2 Å². The van der Waals surface area contributed by atoms with Gasteiger partial charge < -0.3 is 15.6 Å². The highest BCUT2D eigenvalue weighted by molar-refractivity contribution is 7.14. The summed E-state index contributed by atoms with van der Waals surface area (Å²) in [4.78, 5) is 30.9. The Morgan fingerprint density at radius 1 is 1.27 bits per heavy atom. The predicted octanol–water partition coefficient (Wildman–Crippen LogP) is 7.31. The van der Waals surface area contributed by atoms with E-state index in [0.29, 0.717) is 10.7 Å². The lowest BCUT2D eigenvalue weighted by molar-refractivity contribution is -0.115. The van der Waals surface area contributed by atoms with Crippen LogP contribution in [0.5, 0.6) is 0 Å². The quantitative estimate of drug-likeness (QED) is 0.284. The van der Waals surface area contributed by atoms with Crippen LogP contribution >= 0.6 is 11.3 Å². The number of carbonyl (C=O) groups excluding carboxylic acids is 2. The summed E-state index contributed by atoms with van der Waals surface area (Å²) in [6, 6.07) is 9.65. The standard InChI is InChI=1S/C17H16N4O2S.C7H16.C4H6F2/c1-11-3-2-4-12(7-11)14-10-24-17(20-14)21-15(22)9-19-16(23)13-5-6-18-8-13;1-4-5-6-7(2)3;1-3-2-4(3,5)6/h2-8,10,18H,9H2,1H3,(H,19,23)(H,20,21,22);7H,4-6H2,1-3H3;3H,2H2,1H3. The number of nitrogens with zero attached hydrogens (tertiary/aromatic N) is 1. The predicted molar refractivity (Wildman–Crippen MR) is 147 cm³/mol. The number of carbonyl (C=O) groups is 2. The Labute approximate surface area is 222 Å². The van der Waals surface area contributed by atoms with Crippen LogP contribution in [0.25, 0.3) is 11.3 Å². The van der Waals surface area contributed by atoms with Crippen molar-refractivity contribution in [1.29, 1.82) is 0 Å². The zero-order chi connectivity index (χ0) is 27.4. The number of anilines is 1. The van der Waals surface area contributed by atoms with Crippen molar-refractivity contribution in [3.05, 3.63) is 59.2 Å². The molecule has 1 saturated carbocycles. The Balaban J connectivity index is 0.000000303. The molecule has 1 unspecified atom stereocenters. The lowest BCUT2D eigenvalue weighted by Gasteiger charge is -2.03. The molecule has 3 aromatic rings. The minimum absolute atomic E-state index is 0.104. The van der Waals surface area contributed by atoms with Gasteiger partial charge in [0, 0.05) is 35.7 Å². The first kappa shape index (κ1) is 30.2. The monoisotopic (exact) mass is 532 g/mol. The fourth-order valence-electron chi connectivity index (χ4n) is 3.12. The number of benzene rings is 1.